The van der Waals surface area contributed by atoms with Crippen LogP contribution >= 0.6 is 0 Å². The molecule has 0 N–H and O–H groups in total. The van der Waals surface area contributed by atoms with Crippen LogP contribution in [-0.4, -0.2) is 15.9 Å². The molecule has 1 rings (SSSR count). The highest BCUT2D eigenvalue weighted by atomic mass is 28.3. The van der Waals surface area contributed by atoms with E-state index in [9.17, 15) is 0 Å². The zero-order chi connectivity index (χ0) is 11.8. The molecule has 16 heavy (non-hydrogen) atoms. The van der Waals surface area contributed by atoms with Crippen LogP contribution in [-0.2, 0) is 8.85 Å². The third-order valence-electron chi connectivity index (χ3n) is 2.93. The lowest BCUT2D eigenvalue weighted by molar-refractivity contribution is 0.243. The SMILES string of the molecule is CCCC[Si](OCC)OC(C)=CC1CCC1. The van der Waals surface area contributed by atoms with E-state index >= 15 is 0 Å². The molecule has 0 bridgehead atoms. The summed E-state index contributed by atoms with van der Waals surface area (Å²) in [4.78, 5) is 0. The van der Waals surface area contributed by atoms with Crippen molar-refractivity contribution < 1.29 is 8.85 Å². The molecule has 1 fully saturated rings. The Labute approximate surface area is 102 Å². The summed E-state index contributed by atoms with van der Waals surface area (Å²) in [7, 11) is -1.05. The third kappa shape index (κ3) is 5.17. The molecular weight excluding hydrogens is 216 g/mol. The van der Waals surface area contributed by atoms with Gasteiger partial charge >= 0.3 is 9.28 Å². The van der Waals surface area contributed by atoms with Gasteiger partial charge in [0.2, 0.25) is 0 Å². The topological polar surface area (TPSA) is 18.5 Å². The molecule has 0 aromatic rings. The molecule has 0 heterocycles. The highest BCUT2D eigenvalue weighted by Crippen LogP contribution is 2.28. The van der Waals surface area contributed by atoms with Crippen LogP contribution in [0.25, 0.3) is 0 Å². The molecule has 93 valence electrons. The van der Waals surface area contributed by atoms with Crippen molar-refractivity contribution in [2.75, 3.05) is 6.61 Å². The van der Waals surface area contributed by atoms with Gasteiger partial charge in [0.25, 0.3) is 0 Å². The molecule has 0 amide bonds. The standard InChI is InChI=1S/C13H25O2Si/c1-4-6-10-16(14-5-2)15-12(3)11-13-8-7-9-13/h11,13H,4-10H2,1-3H3. The van der Waals surface area contributed by atoms with Crippen LogP contribution in [0.1, 0.15) is 52.9 Å². The molecule has 1 aliphatic rings. The van der Waals surface area contributed by atoms with Gasteiger partial charge in [0, 0.05) is 12.7 Å². The van der Waals surface area contributed by atoms with Gasteiger partial charge in [-0.05, 0) is 38.7 Å². The molecule has 2 nitrogen and oxygen atoms in total. The largest absolute Gasteiger partial charge is 0.523 e. The second-order valence-corrected chi connectivity index (χ2v) is 6.22. The van der Waals surface area contributed by atoms with Crippen molar-refractivity contribution in [3.63, 3.8) is 0 Å². The van der Waals surface area contributed by atoms with Gasteiger partial charge in [-0.3, -0.25) is 0 Å². The molecule has 1 radical (unpaired) electrons. The lowest BCUT2D eigenvalue weighted by Crippen LogP contribution is -2.22. The van der Waals surface area contributed by atoms with Crippen molar-refractivity contribution in [1.29, 1.82) is 0 Å². The molecule has 0 aliphatic heterocycles. The summed E-state index contributed by atoms with van der Waals surface area (Å²) < 4.78 is 11.6. The minimum atomic E-state index is -1.05. The summed E-state index contributed by atoms with van der Waals surface area (Å²) >= 11 is 0. The van der Waals surface area contributed by atoms with E-state index in [0.717, 1.165) is 24.3 Å². The number of rotatable bonds is 8. The van der Waals surface area contributed by atoms with E-state index in [1.54, 1.807) is 0 Å². The summed E-state index contributed by atoms with van der Waals surface area (Å²) in [5.41, 5.74) is 0. The fourth-order valence-corrected chi connectivity index (χ4v) is 3.48. The highest BCUT2D eigenvalue weighted by Gasteiger charge is 2.19. The molecule has 0 spiro atoms. The maximum atomic E-state index is 5.94. The molecule has 0 unspecified atom stereocenters. The first-order chi connectivity index (χ1) is 7.76. The molecular formula is C13H25O2Si. The minimum absolute atomic E-state index is 0.773. The van der Waals surface area contributed by atoms with Gasteiger partial charge in [0.1, 0.15) is 0 Å². The van der Waals surface area contributed by atoms with Crippen molar-refractivity contribution in [3.05, 3.63) is 11.8 Å². The Morgan fingerprint density at radius 2 is 2.12 bits per heavy atom. The maximum Gasteiger partial charge on any atom is 0.457 e. The number of unbranched alkanes of at least 4 members (excludes halogenated alkanes) is 1. The van der Waals surface area contributed by atoms with E-state index < -0.39 is 9.28 Å². The first-order valence-corrected chi connectivity index (χ1v) is 8.13. The van der Waals surface area contributed by atoms with Gasteiger partial charge in [-0.2, -0.15) is 0 Å². The quantitative estimate of drug-likeness (QED) is 0.472. The predicted molar refractivity (Wildman–Crippen MR) is 69.3 cm³/mol. The second kappa shape index (κ2) is 7.90. The Bertz CT molecular complexity index is 212. The molecule has 0 atom stereocenters. The average molecular weight is 241 g/mol. The molecule has 0 aromatic heterocycles. The van der Waals surface area contributed by atoms with E-state index in [1.807, 2.05) is 6.92 Å². The first-order valence-electron chi connectivity index (χ1n) is 6.61. The smallest absolute Gasteiger partial charge is 0.457 e. The molecule has 1 saturated carbocycles. The van der Waals surface area contributed by atoms with E-state index in [0.29, 0.717) is 0 Å². The fraction of sp³-hybridized carbons (Fsp3) is 0.846. The van der Waals surface area contributed by atoms with Gasteiger partial charge in [0.05, 0.1) is 5.76 Å². The van der Waals surface area contributed by atoms with Crippen molar-refractivity contribution in [3.8, 4) is 0 Å². The van der Waals surface area contributed by atoms with Crippen molar-refractivity contribution in [2.45, 2.75) is 58.9 Å². The lowest BCUT2D eigenvalue weighted by atomic mass is 9.85. The molecule has 0 aromatic carbocycles. The Hall–Kier alpha value is -0.283. The molecule has 1 aliphatic carbocycles. The van der Waals surface area contributed by atoms with Crippen LogP contribution in [0.4, 0.5) is 0 Å². The monoisotopic (exact) mass is 241 g/mol. The minimum Gasteiger partial charge on any atom is -0.523 e. The van der Waals surface area contributed by atoms with E-state index in [2.05, 4.69) is 19.9 Å². The number of allylic oxidation sites excluding steroid dienone is 2. The average Bonchev–Trinajstić information content (AvgIpc) is 2.20. The Kier molecular flexibility index (Phi) is 6.81. The lowest BCUT2D eigenvalue weighted by Gasteiger charge is -2.23. The van der Waals surface area contributed by atoms with E-state index in [1.165, 1.54) is 32.1 Å². The number of hydrogen-bond donors (Lipinski definition) is 0. The van der Waals surface area contributed by atoms with E-state index in [-0.39, 0.29) is 0 Å². The van der Waals surface area contributed by atoms with Crippen LogP contribution in [0.2, 0.25) is 6.04 Å². The zero-order valence-electron chi connectivity index (χ0n) is 10.9. The van der Waals surface area contributed by atoms with Crippen LogP contribution in [0.15, 0.2) is 11.8 Å². The van der Waals surface area contributed by atoms with Gasteiger partial charge < -0.3 is 8.85 Å². The normalized spacial score (nSPS) is 17.6. The zero-order valence-corrected chi connectivity index (χ0v) is 11.9. The van der Waals surface area contributed by atoms with Gasteiger partial charge in [0.15, 0.2) is 0 Å². The number of hydrogen-bond acceptors (Lipinski definition) is 2. The maximum absolute atomic E-state index is 5.94. The van der Waals surface area contributed by atoms with Crippen molar-refractivity contribution in [1.82, 2.24) is 0 Å². The fourth-order valence-electron chi connectivity index (χ4n) is 1.79. The summed E-state index contributed by atoms with van der Waals surface area (Å²) in [6.07, 6.45) is 8.78. The Morgan fingerprint density at radius 1 is 1.38 bits per heavy atom. The summed E-state index contributed by atoms with van der Waals surface area (Å²) in [5, 5.41) is 0. The van der Waals surface area contributed by atoms with Gasteiger partial charge in [-0.1, -0.05) is 26.2 Å². The summed E-state index contributed by atoms with van der Waals surface area (Å²) in [5.74, 6) is 1.86. The highest BCUT2D eigenvalue weighted by molar-refractivity contribution is 6.44. The van der Waals surface area contributed by atoms with Gasteiger partial charge in [-0.15, -0.1) is 0 Å². The van der Waals surface area contributed by atoms with Crippen LogP contribution in [0.3, 0.4) is 0 Å². The van der Waals surface area contributed by atoms with E-state index in [4.69, 9.17) is 8.85 Å². The first kappa shape index (κ1) is 13.8. The third-order valence-corrected chi connectivity index (χ3v) is 4.86. The second-order valence-electron chi connectivity index (χ2n) is 4.48. The van der Waals surface area contributed by atoms with Crippen LogP contribution in [0, 0.1) is 5.92 Å². The van der Waals surface area contributed by atoms with Gasteiger partial charge in [-0.25, -0.2) is 0 Å². The predicted octanol–water partition coefficient (Wildman–Crippen LogP) is 4.03. The van der Waals surface area contributed by atoms with Crippen LogP contribution < -0.4 is 0 Å². The molecule has 3 heteroatoms. The molecule has 0 saturated heterocycles. The van der Waals surface area contributed by atoms with Crippen LogP contribution in [0.5, 0.6) is 0 Å². The Morgan fingerprint density at radius 3 is 2.62 bits per heavy atom. The van der Waals surface area contributed by atoms with Crippen molar-refractivity contribution >= 4 is 9.28 Å². The Balaban J connectivity index is 2.30. The summed E-state index contributed by atoms with van der Waals surface area (Å²) in [6, 6.07) is 1.10. The summed E-state index contributed by atoms with van der Waals surface area (Å²) in [6.45, 7) is 7.11. The van der Waals surface area contributed by atoms with Crippen molar-refractivity contribution in [2.24, 2.45) is 5.92 Å².